The van der Waals surface area contributed by atoms with Gasteiger partial charge in [0.1, 0.15) is 11.5 Å². The Morgan fingerprint density at radius 3 is 1.88 bits per heavy atom. The van der Waals surface area contributed by atoms with E-state index in [0.29, 0.717) is 0 Å². The minimum Gasteiger partial charge on any atom is -0.456 e. The van der Waals surface area contributed by atoms with E-state index in [0.717, 1.165) is 33.9 Å². The second-order valence-electron chi connectivity index (χ2n) is 11.5. The second kappa shape index (κ2) is 12.2. The van der Waals surface area contributed by atoms with E-state index >= 15 is 0 Å². The van der Waals surface area contributed by atoms with E-state index in [1.165, 1.54) is 61.2 Å². The summed E-state index contributed by atoms with van der Waals surface area (Å²) in [6.45, 7) is 17.0. The van der Waals surface area contributed by atoms with E-state index in [2.05, 4.69) is 139 Å². The molecule has 0 amide bonds. The van der Waals surface area contributed by atoms with E-state index in [9.17, 15) is 0 Å². The second-order valence-corrected chi connectivity index (χ2v) is 11.5. The summed E-state index contributed by atoms with van der Waals surface area (Å²) < 4.78 is 6.71. The Balaban J connectivity index is 0.00000173. The molecule has 5 aromatic rings. The Morgan fingerprint density at radius 1 is 0.548 bits per heavy atom. The Bertz CT molecular complexity index is 1900. The lowest BCUT2D eigenvalue weighted by molar-refractivity contribution is 0.471. The standard InChI is InChI=1S/C39H36O.C2H6/c1-24-7-12-32(27(4)17-24)20-30-10-15-35-37(22-30)40-38-23-31(21-33-13-8-25(2)18-28(33)5)11-16-36(38)39(35)34-14-9-26(3)19-29(34)6;1-2/h7-20,22-23H,21H2,1-6H3;1-2H3/b30-20+;. The Labute approximate surface area is 251 Å². The fourth-order valence-corrected chi connectivity index (χ4v) is 5.97. The molecule has 0 atom stereocenters. The van der Waals surface area contributed by atoms with E-state index < -0.39 is 0 Å². The molecule has 1 heterocycles. The van der Waals surface area contributed by atoms with Gasteiger partial charge < -0.3 is 4.74 Å². The largest absolute Gasteiger partial charge is 0.456 e. The zero-order valence-electron chi connectivity index (χ0n) is 26.4. The highest BCUT2D eigenvalue weighted by Crippen LogP contribution is 2.38. The SMILES string of the molecule is CC.Cc1ccc(/C=c2\ccc3c(c2)Oc2cc(Cc4ccc(C)cc4C)ccc2C=3c2ccc(C)cc2C)c(C)c1. The van der Waals surface area contributed by atoms with Gasteiger partial charge in [-0.15, -0.1) is 0 Å². The Hall–Kier alpha value is -4.36. The maximum atomic E-state index is 6.71. The maximum absolute atomic E-state index is 6.71. The highest BCUT2D eigenvalue weighted by Gasteiger charge is 2.22. The van der Waals surface area contributed by atoms with Gasteiger partial charge in [-0.2, -0.15) is 0 Å². The lowest BCUT2D eigenvalue weighted by Crippen LogP contribution is -2.20. The predicted molar refractivity (Wildman–Crippen MR) is 179 cm³/mol. The van der Waals surface area contributed by atoms with Gasteiger partial charge >= 0.3 is 0 Å². The summed E-state index contributed by atoms with van der Waals surface area (Å²) in [4.78, 5) is 0. The van der Waals surface area contributed by atoms with Crippen molar-refractivity contribution in [2.45, 2.75) is 61.8 Å². The first kappa shape index (κ1) is 29.1. The van der Waals surface area contributed by atoms with Crippen molar-refractivity contribution in [1.82, 2.24) is 0 Å². The van der Waals surface area contributed by atoms with Crippen molar-refractivity contribution >= 4 is 11.6 Å². The average molecular weight is 551 g/mol. The summed E-state index contributed by atoms with van der Waals surface area (Å²) in [5.74, 6) is 1.83. The maximum Gasteiger partial charge on any atom is 0.135 e. The molecule has 0 unspecified atom stereocenters. The molecule has 212 valence electrons. The molecule has 42 heavy (non-hydrogen) atoms. The fraction of sp³-hybridized carbons (Fsp3) is 0.220. The zero-order chi connectivity index (χ0) is 30.0. The van der Waals surface area contributed by atoms with Crippen LogP contribution < -0.4 is 15.2 Å². The van der Waals surface area contributed by atoms with Crippen molar-refractivity contribution in [2.24, 2.45) is 0 Å². The summed E-state index contributed by atoms with van der Waals surface area (Å²) in [5.41, 5.74) is 15.2. The molecule has 5 aromatic carbocycles. The first-order valence-corrected chi connectivity index (χ1v) is 15.1. The molecule has 1 aliphatic heterocycles. The number of rotatable bonds is 4. The van der Waals surface area contributed by atoms with Crippen LogP contribution in [0.1, 0.15) is 75.0 Å². The van der Waals surface area contributed by atoms with Crippen LogP contribution in [0, 0.1) is 41.5 Å². The summed E-state index contributed by atoms with van der Waals surface area (Å²) in [6.07, 6.45) is 3.14. The van der Waals surface area contributed by atoms with Gasteiger partial charge in [0.2, 0.25) is 0 Å². The van der Waals surface area contributed by atoms with E-state index in [-0.39, 0.29) is 0 Å². The third kappa shape index (κ3) is 5.97. The number of benzene rings is 5. The van der Waals surface area contributed by atoms with Crippen LogP contribution in [0.25, 0.3) is 11.6 Å². The number of aryl methyl sites for hydroxylation is 6. The third-order valence-corrected chi connectivity index (χ3v) is 8.10. The summed E-state index contributed by atoms with van der Waals surface area (Å²) in [6, 6.07) is 33.5. The lowest BCUT2D eigenvalue weighted by atomic mass is 9.88. The van der Waals surface area contributed by atoms with Crippen molar-refractivity contribution in [3.63, 3.8) is 0 Å². The van der Waals surface area contributed by atoms with Gasteiger partial charge in [0, 0.05) is 16.4 Å². The topological polar surface area (TPSA) is 9.23 Å². The quantitative estimate of drug-likeness (QED) is 0.212. The molecule has 1 heteroatoms. The van der Waals surface area contributed by atoms with Gasteiger partial charge in [-0.1, -0.05) is 103 Å². The molecular weight excluding hydrogens is 508 g/mol. The predicted octanol–water partition coefficient (Wildman–Crippen LogP) is 9.34. The van der Waals surface area contributed by atoms with Crippen LogP contribution in [0.4, 0.5) is 0 Å². The molecule has 6 rings (SSSR count). The van der Waals surface area contributed by atoms with Crippen LogP contribution >= 0.6 is 0 Å². The molecule has 0 radical (unpaired) electrons. The van der Waals surface area contributed by atoms with Crippen LogP contribution in [-0.2, 0) is 6.42 Å². The first-order valence-electron chi connectivity index (χ1n) is 15.1. The normalized spacial score (nSPS) is 12.2. The number of ether oxygens (including phenoxy) is 1. The molecule has 0 bridgehead atoms. The van der Waals surface area contributed by atoms with Gasteiger partial charge in [0.25, 0.3) is 0 Å². The molecule has 0 N–H and O–H groups in total. The summed E-state index contributed by atoms with van der Waals surface area (Å²) in [7, 11) is 0. The average Bonchev–Trinajstić information content (AvgIpc) is 2.96. The summed E-state index contributed by atoms with van der Waals surface area (Å²) in [5, 5.41) is 2.28. The molecule has 0 saturated carbocycles. The molecule has 0 aromatic heterocycles. The van der Waals surface area contributed by atoms with Crippen molar-refractivity contribution in [3.8, 4) is 11.5 Å². The summed E-state index contributed by atoms with van der Waals surface area (Å²) >= 11 is 0. The van der Waals surface area contributed by atoms with Crippen LogP contribution in [-0.4, -0.2) is 0 Å². The third-order valence-electron chi connectivity index (χ3n) is 8.10. The van der Waals surface area contributed by atoms with Gasteiger partial charge in [-0.25, -0.2) is 0 Å². The van der Waals surface area contributed by atoms with Crippen molar-refractivity contribution < 1.29 is 4.74 Å². The fourth-order valence-electron chi connectivity index (χ4n) is 5.97. The molecule has 0 saturated heterocycles. The van der Waals surface area contributed by atoms with Gasteiger partial charge in [0.15, 0.2) is 0 Å². The lowest BCUT2D eigenvalue weighted by Gasteiger charge is -2.23. The minimum atomic E-state index is 0.884. The number of hydrogen-bond donors (Lipinski definition) is 0. The van der Waals surface area contributed by atoms with Crippen LogP contribution in [0.3, 0.4) is 0 Å². The van der Waals surface area contributed by atoms with Gasteiger partial charge in [-0.05, 0) is 116 Å². The molecular formula is C41H42O. The monoisotopic (exact) mass is 550 g/mol. The molecule has 0 spiro atoms. The Kier molecular flexibility index (Phi) is 8.50. The molecule has 1 nitrogen and oxygen atoms in total. The molecule has 1 aliphatic rings. The van der Waals surface area contributed by atoms with E-state index in [4.69, 9.17) is 4.74 Å². The van der Waals surface area contributed by atoms with Crippen molar-refractivity contribution in [1.29, 1.82) is 0 Å². The highest BCUT2D eigenvalue weighted by molar-refractivity contribution is 5.86. The van der Waals surface area contributed by atoms with Crippen molar-refractivity contribution in [3.05, 3.63) is 163 Å². The smallest absolute Gasteiger partial charge is 0.135 e. The van der Waals surface area contributed by atoms with Gasteiger partial charge in [0.05, 0.1) is 0 Å². The van der Waals surface area contributed by atoms with Crippen LogP contribution in [0.5, 0.6) is 11.5 Å². The zero-order valence-corrected chi connectivity index (χ0v) is 26.4. The molecule has 0 aliphatic carbocycles. The number of hydrogen-bond acceptors (Lipinski definition) is 1. The Morgan fingerprint density at radius 2 is 1.19 bits per heavy atom. The molecule has 0 fully saturated rings. The first-order chi connectivity index (χ1) is 20.2. The van der Waals surface area contributed by atoms with Crippen LogP contribution in [0.15, 0.2) is 91.0 Å². The van der Waals surface area contributed by atoms with E-state index in [1.54, 1.807) is 0 Å². The minimum absolute atomic E-state index is 0.884. The van der Waals surface area contributed by atoms with Crippen LogP contribution in [0.2, 0.25) is 0 Å². The highest BCUT2D eigenvalue weighted by atomic mass is 16.5. The number of fused-ring (bicyclic) bond motifs is 2. The van der Waals surface area contributed by atoms with E-state index in [1.807, 2.05) is 13.8 Å². The van der Waals surface area contributed by atoms with Crippen molar-refractivity contribution in [2.75, 3.05) is 0 Å². The van der Waals surface area contributed by atoms with Gasteiger partial charge in [-0.3, -0.25) is 0 Å².